The topological polar surface area (TPSA) is 77.2 Å². The van der Waals surface area contributed by atoms with Crippen LogP contribution >= 0.6 is 11.8 Å². The highest BCUT2D eigenvalue weighted by Crippen LogP contribution is 2.26. The molecule has 0 atom stereocenters. The highest BCUT2D eigenvalue weighted by molar-refractivity contribution is 7.99. The van der Waals surface area contributed by atoms with E-state index in [2.05, 4.69) is 15.5 Å². The molecule has 6 nitrogen and oxygen atoms in total. The minimum Gasteiger partial charge on any atom is -0.497 e. The number of thioether (sulfide) groups is 1. The zero-order valence-electron chi connectivity index (χ0n) is 13.6. The largest absolute Gasteiger partial charge is 0.497 e. The lowest BCUT2D eigenvalue weighted by Crippen LogP contribution is -2.11. The van der Waals surface area contributed by atoms with Gasteiger partial charge in [-0.3, -0.25) is 4.79 Å². The zero-order valence-corrected chi connectivity index (χ0v) is 14.5. The Kier molecular flexibility index (Phi) is 5.69. The number of para-hydroxylation sites is 1. The molecule has 3 rings (SSSR count). The van der Waals surface area contributed by atoms with Crippen LogP contribution in [0.5, 0.6) is 5.75 Å². The molecule has 1 N–H and O–H groups in total. The molecule has 1 heterocycles. The molecule has 0 radical (unpaired) electrons. The van der Waals surface area contributed by atoms with Crippen molar-refractivity contribution >= 4 is 23.4 Å². The van der Waals surface area contributed by atoms with Crippen LogP contribution in [0.1, 0.15) is 6.42 Å². The van der Waals surface area contributed by atoms with Crippen LogP contribution in [0, 0.1) is 0 Å². The molecule has 0 aliphatic heterocycles. The van der Waals surface area contributed by atoms with Crippen LogP contribution in [0.4, 0.5) is 5.69 Å². The summed E-state index contributed by atoms with van der Waals surface area (Å²) in [5.41, 5.74) is 1.58. The lowest BCUT2D eigenvalue weighted by Gasteiger charge is -2.03. The lowest BCUT2D eigenvalue weighted by atomic mass is 10.2. The van der Waals surface area contributed by atoms with Crippen molar-refractivity contribution in [2.75, 3.05) is 18.2 Å². The van der Waals surface area contributed by atoms with Crippen molar-refractivity contribution in [2.45, 2.75) is 11.6 Å². The standard InChI is InChI=1S/C18H17N3O3S/c1-23-15-9-5-6-13(12-15)17-20-21-18(24-17)25-11-10-16(22)19-14-7-3-2-4-8-14/h2-9,12H,10-11H2,1H3,(H,19,22). The summed E-state index contributed by atoms with van der Waals surface area (Å²) in [6.07, 6.45) is 0.358. The van der Waals surface area contributed by atoms with E-state index in [9.17, 15) is 4.79 Å². The number of nitrogens with zero attached hydrogens (tertiary/aromatic N) is 2. The van der Waals surface area contributed by atoms with Gasteiger partial charge in [0.15, 0.2) is 0 Å². The maximum absolute atomic E-state index is 11.9. The summed E-state index contributed by atoms with van der Waals surface area (Å²) in [5, 5.41) is 11.3. The Bertz CT molecular complexity index is 836. The minimum atomic E-state index is -0.0498. The van der Waals surface area contributed by atoms with Gasteiger partial charge in [0.2, 0.25) is 11.8 Å². The van der Waals surface area contributed by atoms with Crippen molar-refractivity contribution in [2.24, 2.45) is 0 Å². The van der Waals surface area contributed by atoms with E-state index in [1.54, 1.807) is 7.11 Å². The number of aromatic nitrogens is 2. The molecule has 0 unspecified atom stereocenters. The van der Waals surface area contributed by atoms with Gasteiger partial charge in [-0.15, -0.1) is 10.2 Å². The monoisotopic (exact) mass is 355 g/mol. The smallest absolute Gasteiger partial charge is 0.276 e. The summed E-state index contributed by atoms with van der Waals surface area (Å²) in [7, 11) is 1.61. The Hall–Kier alpha value is -2.80. The Labute approximate surface area is 149 Å². The fraction of sp³-hybridized carbons (Fsp3) is 0.167. The fourth-order valence-corrected chi connectivity index (χ4v) is 2.82. The predicted octanol–water partition coefficient (Wildman–Crippen LogP) is 3.87. The number of benzene rings is 2. The summed E-state index contributed by atoms with van der Waals surface area (Å²) in [6.45, 7) is 0. The number of amides is 1. The Morgan fingerprint density at radius 3 is 2.80 bits per heavy atom. The number of anilines is 1. The number of nitrogens with one attached hydrogen (secondary N) is 1. The molecule has 0 saturated carbocycles. The lowest BCUT2D eigenvalue weighted by molar-refractivity contribution is -0.115. The van der Waals surface area contributed by atoms with Gasteiger partial charge in [-0.25, -0.2) is 0 Å². The highest BCUT2D eigenvalue weighted by atomic mass is 32.2. The molecule has 0 aliphatic rings. The Balaban J connectivity index is 1.51. The van der Waals surface area contributed by atoms with Crippen LogP contribution < -0.4 is 10.1 Å². The van der Waals surface area contributed by atoms with E-state index in [0.717, 1.165) is 17.0 Å². The third kappa shape index (κ3) is 4.84. The zero-order chi connectivity index (χ0) is 17.5. The third-order valence-corrected chi connectivity index (χ3v) is 4.16. The fourth-order valence-electron chi connectivity index (χ4n) is 2.12. The predicted molar refractivity (Wildman–Crippen MR) is 96.7 cm³/mol. The van der Waals surface area contributed by atoms with E-state index >= 15 is 0 Å². The van der Waals surface area contributed by atoms with Gasteiger partial charge in [-0.2, -0.15) is 0 Å². The van der Waals surface area contributed by atoms with Crippen LogP contribution in [0.2, 0.25) is 0 Å². The van der Waals surface area contributed by atoms with Crippen LogP contribution in [-0.4, -0.2) is 29.0 Å². The van der Waals surface area contributed by atoms with Gasteiger partial charge in [-0.05, 0) is 30.3 Å². The quantitative estimate of drug-likeness (QED) is 0.648. The molecule has 2 aromatic carbocycles. The molecule has 7 heteroatoms. The first-order valence-corrected chi connectivity index (χ1v) is 8.69. The summed E-state index contributed by atoms with van der Waals surface area (Å²) in [6, 6.07) is 16.8. The van der Waals surface area contributed by atoms with Crippen molar-refractivity contribution in [1.82, 2.24) is 10.2 Å². The van der Waals surface area contributed by atoms with E-state index < -0.39 is 0 Å². The highest BCUT2D eigenvalue weighted by Gasteiger charge is 2.11. The summed E-state index contributed by atoms with van der Waals surface area (Å²) < 4.78 is 10.8. The van der Waals surface area contributed by atoms with E-state index in [4.69, 9.17) is 9.15 Å². The summed E-state index contributed by atoms with van der Waals surface area (Å²) in [4.78, 5) is 11.9. The maximum Gasteiger partial charge on any atom is 0.276 e. The van der Waals surface area contributed by atoms with E-state index in [0.29, 0.717) is 23.3 Å². The van der Waals surface area contributed by atoms with Crippen molar-refractivity contribution in [1.29, 1.82) is 0 Å². The summed E-state index contributed by atoms with van der Waals surface area (Å²) >= 11 is 1.35. The third-order valence-electron chi connectivity index (χ3n) is 3.34. The van der Waals surface area contributed by atoms with Gasteiger partial charge in [0, 0.05) is 23.4 Å². The molecule has 3 aromatic rings. The van der Waals surface area contributed by atoms with E-state index in [1.807, 2.05) is 54.6 Å². The SMILES string of the molecule is COc1cccc(-c2nnc(SCCC(=O)Nc3ccccc3)o2)c1. The molecule has 0 bridgehead atoms. The second-order valence-electron chi connectivity index (χ2n) is 5.12. The molecule has 0 saturated heterocycles. The number of carbonyl (C=O) groups is 1. The van der Waals surface area contributed by atoms with Crippen molar-refractivity contribution < 1.29 is 13.9 Å². The van der Waals surface area contributed by atoms with Crippen LogP contribution in [-0.2, 0) is 4.79 Å². The molecule has 128 valence electrons. The molecule has 0 fully saturated rings. The van der Waals surface area contributed by atoms with Crippen LogP contribution in [0.3, 0.4) is 0 Å². The number of ether oxygens (including phenoxy) is 1. The molecule has 0 aliphatic carbocycles. The number of hydrogen-bond donors (Lipinski definition) is 1. The molecule has 1 amide bonds. The number of rotatable bonds is 7. The van der Waals surface area contributed by atoms with Crippen LogP contribution in [0.15, 0.2) is 64.2 Å². The molecule has 1 aromatic heterocycles. The Morgan fingerprint density at radius 1 is 1.16 bits per heavy atom. The van der Waals surface area contributed by atoms with Crippen molar-refractivity contribution in [3.8, 4) is 17.2 Å². The van der Waals surface area contributed by atoms with Gasteiger partial charge in [0.25, 0.3) is 5.22 Å². The first-order chi connectivity index (χ1) is 12.2. The minimum absolute atomic E-state index is 0.0498. The average Bonchev–Trinajstić information content (AvgIpc) is 3.11. The van der Waals surface area contributed by atoms with E-state index in [-0.39, 0.29) is 5.91 Å². The van der Waals surface area contributed by atoms with Gasteiger partial charge in [0.05, 0.1) is 7.11 Å². The first-order valence-electron chi connectivity index (χ1n) is 7.70. The summed E-state index contributed by atoms with van der Waals surface area (Å²) in [5.74, 6) is 1.65. The first kappa shape index (κ1) is 17.0. The number of hydrogen-bond acceptors (Lipinski definition) is 6. The average molecular weight is 355 g/mol. The second-order valence-corrected chi connectivity index (χ2v) is 6.16. The maximum atomic E-state index is 11.9. The van der Waals surface area contributed by atoms with E-state index in [1.165, 1.54) is 11.8 Å². The Morgan fingerprint density at radius 2 is 2.00 bits per heavy atom. The number of methoxy groups -OCH3 is 1. The normalized spacial score (nSPS) is 10.4. The van der Waals surface area contributed by atoms with Crippen molar-refractivity contribution in [3.63, 3.8) is 0 Å². The number of carbonyl (C=O) groups excluding carboxylic acids is 1. The molecular formula is C18H17N3O3S. The van der Waals surface area contributed by atoms with Gasteiger partial charge < -0.3 is 14.5 Å². The van der Waals surface area contributed by atoms with Crippen LogP contribution in [0.25, 0.3) is 11.5 Å². The van der Waals surface area contributed by atoms with Gasteiger partial charge >= 0.3 is 0 Å². The molecular weight excluding hydrogens is 338 g/mol. The molecule has 25 heavy (non-hydrogen) atoms. The van der Waals surface area contributed by atoms with Crippen molar-refractivity contribution in [3.05, 3.63) is 54.6 Å². The molecule has 0 spiro atoms. The van der Waals surface area contributed by atoms with Gasteiger partial charge in [0.1, 0.15) is 5.75 Å². The van der Waals surface area contributed by atoms with Gasteiger partial charge in [-0.1, -0.05) is 36.0 Å². The second kappa shape index (κ2) is 8.34.